The number of carbonyl (C=O) groups is 1. The fourth-order valence-corrected chi connectivity index (χ4v) is 2.68. The van der Waals surface area contributed by atoms with Gasteiger partial charge in [-0.2, -0.15) is 0 Å². The molecule has 2 aromatic carbocycles. The van der Waals surface area contributed by atoms with Gasteiger partial charge in [-0.15, -0.1) is 0 Å². The van der Waals surface area contributed by atoms with E-state index in [1.165, 1.54) is 0 Å². The Morgan fingerprint density at radius 1 is 1.20 bits per heavy atom. The molecular formula is C21H29N2O2+. The van der Waals surface area contributed by atoms with Crippen LogP contribution in [0.1, 0.15) is 44.4 Å². The summed E-state index contributed by atoms with van der Waals surface area (Å²) in [6, 6.07) is 15.4. The third-order valence-corrected chi connectivity index (χ3v) is 4.58. The molecule has 1 amide bonds. The van der Waals surface area contributed by atoms with Gasteiger partial charge in [-0.3, -0.25) is 4.79 Å². The third kappa shape index (κ3) is 5.07. The molecule has 4 heteroatoms. The van der Waals surface area contributed by atoms with E-state index in [-0.39, 0.29) is 17.5 Å². The summed E-state index contributed by atoms with van der Waals surface area (Å²) in [7, 11) is 1.61. The Bertz CT molecular complexity index is 711. The highest BCUT2D eigenvalue weighted by Gasteiger charge is 2.31. The van der Waals surface area contributed by atoms with E-state index in [0.717, 1.165) is 17.5 Å². The average molecular weight is 341 g/mol. The molecular weight excluding hydrogens is 312 g/mol. The van der Waals surface area contributed by atoms with Crippen molar-refractivity contribution in [1.29, 1.82) is 0 Å². The highest BCUT2D eigenvalue weighted by Crippen LogP contribution is 2.26. The highest BCUT2D eigenvalue weighted by atomic mass is 16.5. The van der Waals surface area contributed by atoms with Crippen molar-refractivity contribution in [2.24, 2.45) is 0 Å². The van der Waals surface area contributed by atoms with Gasteiger partial charge in [-0.25, -0.2) is 0 Å². The lowest BCUT2D eigenvalue weighted by Crippen LogP contribution is -2.97. The first-order valence-electron chi connectivity index (χ1n) is 8.73. The van der Waals surface area contributed by atoms with Crippen LogP contribution in [-0.2, 0) is 4.79 Å². The number of hydrogen-bond donors (Lipinski definition) is 2. The molecule has 25 heavy (non-hydrogen) atoms. The van der Waals surface area contributed by atoms with E-state index in [2.05, 4.69) is 31.4 Å². The zero-order chi connectivity index (χ0) is 18.4. The van der Waals surface area contributed by atoms with Gasteiger partial charge in [0.05, 0.1) is 18.3 Å². The monoisotopic (exact) mass is 341 g/mol. The number of methoxy groups -OCH3 is 1. The highest BCUT2D eigenvalue weighted by molar-refractivity contribution is 5.95. The number of hydrogen-bond acceptors (Lipinski definition) is 2. The van der Waals surface area contributed by atoms with Gasteiger partial charge in [0.1, 0.15) is 5.75 Å². The molecule has 0 aliphatic rings. The molecule has 0 heterocycles. The van der Waals surface area contributed by atoms with Crippen LogP contribution in [0, 0.1) is 6.92 Å². The van der Waals surface area contributed by atoms with Gasteiger partial charge in [-0.1, -0.05) is 43.3 Å². The molecule has 2 rings (SSSR count). The fourth-order valence-electron chi connectivity index (χ4n) is 2.68. The summed E-state index contributed by atoms with van der Waals surface area (Å²) in [6.45, 7) is 8.45. The lowest BCUT2D eigenvalue weighted by molar-refractivity contribution is -0.745. The van der Waals surface area contributed by atoms with Crippen LogP contribution >= 0.6 is 0 Å². The number of quaternary nitrogens is 1. The number of amides is 1. The van der Waals surface area contributed by atoms with E-state index < -0.39 is 0 Å². The molecule has 1 atom stereocenters. The molecule has 0 spiro atoms. The number of aryl methyl sites for hydroxylation is 1. The Balaban J connectivity index is 2.31. The molecule has 2 aromatic rings. The molecule has 0 radical (unpaired) electrons. The smallest absolute Gasteiger partial charge is 0.287 e. The van der Waals surface area contributed by atoms with Crippen molar-refractivity contribution in [2.45, 2.75) is 45.7 Å². The van der Waals surface area contributed by atoms with Gasteiger partial charge in [0.2, 0.25) is 0 Å². The maximum Gasteiger partial charge on any atom is 0.287 e. The molecule has 3 N–H and O–H groups in total. The van der Waals surface area contributed by atoms with E-state index in [9.17, 15) is 4.79 Å². The maximum atomic E-state index is 13.1. The number of benzene rings is 2. The van der Waals surface area contributed by atoms with Crippen LogP contribution in [0.4, 0.5) is 5.69 Å². The summed E-state index contributed by atoms with van der Waals surface area (Å²) in [6.07, 6.45) is 0.970. The standard InChI is InChI=1S/C21H28N2O2/c1-6-21(3,4)23-19(16-10-8-7-9-11-16)20(24)22-17-14-15(2)12-13-18(17)25-5/h7-14,19,23H,6H2,1-5H3,(H,22,24)/p+1/t19-/m1/s1. The first-order chi connectivity index (χ1) is 11.9. The van der Waals surface area contributed by atoms with Crippen molar-refractivity contribution in [3.63, 3.8) is 0 Å². The van der Waals surface area contributed by atoms with Crippen LogP contribution in [0.2, 0.25) is 0 Å². The molecule has 0 aliphatic carbocycles. The Morgan fingerprint density at radius 3 is 2.48 bits per heavy atom. The minimum Gasteiger partial charge on any atom is -0.495 e. The number of ether oxygens (including phenoxy) is 1. The van der Waals surface area contributed by atoms with Crippen LogP contribution in [0.5, 0.6) is 5.75 Å². The molecule has 0 saturated carbocycles. The van der Waals surface area contributed by atoms with Crippen molar-refractivity contribution in [3.8, 4) is 5.75 Å². The van der Waals surface area contributed by atoms with Crippen molar-refractivity contribution >= 4 is 11.6 Å². The van der Waals surface area contributed by atoms with Gasteiger partial charge in [-0.05, 0) is 44.9 Å². The molecule has 0 unspecified atom stereocenters. The van der Waals surface area contributed by atoms with Crippen molar-refractivity contribution < 1.29 is 14.8 Å². The summed E-state index contributed by atoms with van der Waals surface area (Å²) in [5.41, 5.74) is 2.74. The molecule has 0 saturated heterocycles. The van der Waals surface area contributed by atoms with Gasteiger partial charge in [0.25, 0.3) is 5.91 Å². The van der Waals surface area contributed by atoms with Gasteiger partial charge in [0, 0.05) is 5.56 Å². The lowest BCUT2D eigenvalue weighted by Gasteiger charge is -2.27. The van der Waals surface area contributed by atoms with Crippen LogP contribution in [-0.4, -0.2) is 18.6 Å². The van der Waals surface area contributed by atoms with Gasteiger partial charge >= 0.3 is 0 Å². The first kappa shape index (κ1) is 19.0. The number of carbonyl (C=O) groups excluding carboxylic acids is 1. The molecule has 4 nitrogen and oxygen atoms in total. The largest absolute Gasteiger partial charge is 0.495 e. The predicted molar refractivity (Wildman–Crippen MR) is 102 cm³/mol. The second-order valence-corrected chi connectivity index (χ2v) is 7.09. The zero-order valence-electron chi connectivity index (χ0n) is 15.8. The van der Waals surface area contributed by atoms with Crippen molar-refractivity contribution in [1.82, 2.24) is 0 Å². The number of nitrogens with one attached hydrogen (secondary N) is 1. The first-order valence-corrected chi connectivity index (χ1v) is 8.73. The minimum absolute atomic E-state index is 0.0332. The Kier molecular flexibility index (Phi) is 6.21. The van der Waals surface area contributed by atoms with Crippen LogP contribution in [0.15, 0.2) is 48.5 Å². The van der Waals surface area contributed by atoms with Gasteiger partial charge < -0.3 is 15.4 Å². The van der Waals surface area contributed by atoms with E-state index in [0.29, 0.717) is 11.4 Å². The summed E-state index contributed by atoms with van der Waals surface area (Å²) in [5.74, 6) is 0.622. The van der Waals surface area contributed by atoms with Crippen LogP contribution in [0.25, 0.3) is 0 Å². The fraction of sp³-hybridized carbons (Fsp3) is 0.381. The van der Waals surface area contributed by atoms with E-state index >= 15 is 0 Å². The Morgan fingerprint density at radius 2 is 1.88 bits per heavy atom. The number of rotatable bonds is 7. The second-order valence-electron chi connectivity index (χ2n) is 7.09. The quantitative estimate of drug-likeness (QED) is 0.810. The summed E-state index contributed by atoms with van der Waals surface area (Å²) in [5, 5.41) is 5.19. The second kappa shape index (κ2) is 8.17. The van der Waals surface area contributed by atoms with Crippen LogP contribution < -0.4 is 15.4 Å². The van der Waals surface area contributed by atoms with Gasteiger partial charge in [0.15, 0.2) is 6.04 Å². The summed E-state index contributed by atoms with van der Waals surface area (Å²) < 4.78 is 5.38. The minimum atomic E-state index is -0.318. The summed E-state index contributed by atoms with van der Waals surface area (Å²) in [4.78, 5) is 13.1. The Hall–Kier alpha value is -2.33. The normalized spacial score (nSPS) is 12.5. The topological polar surface area (TPSA) is 54.9 Å². The maximum absolute atomic E-state index is 13.1. The van der Waals surface area contributed by atoms with E-state index in [1.54, 1.807) is 7.11 Å². The Labute approximate surface area is 150 Å². The average Bonchev–Trinajstić information content (AvgIpc) is 2.60. The van der Waals surface area contributed by atoms with Crippen LogP contribution in [0.3, 0.4) is 0 Å². The predicted octanol–water partition coefficient (Wildman–Crippen LogP) is 3.44. The molecule has 0 fully saturated rings. The zero-order valence-corrected chi connectivity index (χ0v) is 15.8. The molecule has 0 bridgehead atoms. The lowest BCUT2D eigenvalue weighted by atomic mass is 9.97. The number of anilines is 1. The summed E-state index contributed by atoms with van der Waals surface area (Å²) >= 11 is 0. The SMILES string of the molecule is CCC(C)(C)[NH2+][C@@H](C(=O)Nc1cc(C)ccc1OC)c1ccccc1. The molecule has 0 aliphatic heterocycles. The van der Waals surface area contributed by atoms with Crippen molar-refractivity contribution in [3.05, 3.63) is 59.7 Å². The van der Waals surface area contributed by atoms with E-state index in [4.69, 9.17) is 4.74 Å². The third-order valence-electron chi connectivity index (χ3n) is 4.58. The van der Waals surface area contributed by atoms with Crippen molar-refractivity contribution in [2.75, 3.05) is 12.4 Å². The van der Waals surface area contributed by atoms with E-state index in [1.807, 2.05) is 55.5 Å². The molecule has 134 valence electrons. The molecule has 0 aromatic heterocycles. The number of nitrogens with two attached hydrogens (primary N) is 1.